The van der Waals surface area contributed by atoms with Gasteiger partial charge in [0.05, 0.1) is 11.3 Å². The van der Waals surface area contributed by atoms with E-state index in [4.69, 9.17) is 11.0 Å². The number of thioether (sulfide) groups is 1. The van der Waals surface area contributed by atoms with Crippen LogP contribution in [0.25, 0.3) is 0 Å². The number of rotatable bonds is 4. The van der Waals surface area contributed by atoms with Crippen molar-refractivity contribution in [3.63, 3.8) is 0 Å². The molecule has 2 aromatic heterocycles. The summed E-state index contributed by atoms with van der Waals surface area (Å²) < 4.78 is 1.61. The number of hydrogen-bond donors (Lipinski definition) is 2. The molecule has 2 rings (SSSR count). The van der Waals surface area contributed by atoms with Crippen LogP contribution in [-0.4, -0.2) is 26.4 Å². The van der Waals surface area contributed by atoms with Crippen molar-refractivity contribution in [1.29, 1.82) is 5.26 Å². The Kier molecular flexibility index (Phi) is 4.50. The Hall–Kier alpha value is -2.05. The molecule has 0 aliphatic rings. The average molecular weight is 322 g/mol. The number of hydrogen-bond acceptors (Lipinski definition) is 7. The maximum Gasteiger partial charge on any atom is 0.235 e. The van der Waals surface area contributed by atoms with Crippen LogP contribution in [0.1, 0.15) is 16.0 Å². The van der Waals surface area contributed by atoms with E-state index in [0.717, 1.165) is 10.4 Å². The Morgan fingerprint density at radius 2 is 2.24 bits per heavy atom. The van der Waals surface area contributed by atoms with Crippen LogP contribution in [0, 0.1) is 25.2 Å². The molecule has 1 amide bonds. The van der Waals surface area contributed by atoms with Gasteiger partial charge in [-0.1, -0.05) is 11.8 Å². The molecule has 3 N–H and O–H groups in total. The number of nitrogens with one attached hydrogen (secondary N) is 1. The summed E-state index contributed by atoms with van der Waals surface area (Å²) in [6.07, 6.45) is 0. The van der Waals surface area contributed by atoms with E-state index in [1.54, 1.807) is 11.6 Å². The van der Waals surface area contributed by atoms with Gasteiger partial charge in [-0.3, -0.25) is 9.36 Å². The van der Waals surface area contributed by atoms with Crippen LogP contribution < -0.4 is 11.1 Å². The smallest absolute Gasteiger partial charge is 0.235 e. The van der Waals surface area contributed by atoms with Gasteiger partial charge in [0, 0.05) is 11.9 Å². The van der Waals surface area contributed by atoms with Gasteiger partial charge < -0.3 is 11.1 Å². The van der Waals surface area contributed by atoms with Crippen molar-refractivity contribution >= 4 is 40.0 Å². The summed E-state index contributed by atoms with van der Waals surface area (Å²) >= 11 is 2.64. The second-order valence-corrected chi connectivity index (χ2v) is 6.50. The van der Waals surface area contributed by atoms with Crippen molar-refractivity contribution in [3.8, 4) is 6.07 Å². The van der Waals surface area contributed by atoms with Gasteiger partial charge in [0.1, 0.15) is 11.1 Å². The Morgan fingerprint density at radius 3 is 2.81 bits per heavy atom. The number of carbonyl (C=O) groups is 1. The summed E-state index contributed by atoms with van der Waals surface area (Å²) in [6.45, 7) is 3.80. The van der Waals surface area contributed by atoms with Crippen molar-refractivity contribution in [2.75, 3.05) is 16.8 Å². The van der Waals surface area contributed by atoms with Crippen molar-refractivity contribution in [2.45, 2.75) is 19.0 Å². The Balaban J connectivity index is 2.01. The molecular formula is C12H14N6OS2. The van der Waals surface area contributed by atoms with Gasteiger partial charge in [-0.15, -0.1) is 21.5 Å². The van der Waals surface area contributed by atoms with Crippen molar-refractivity contribution in [3.05, 3.63) is 16.0 Å². The quantitative estimate of drug-likeness (QED) is 0.829. The molecule has 0 saturated heterocycles. The number of nitrogen functional groups attached to an aromatic ring is 1. The Labute approximate surface area is 130 Å². The van der Waals surface area contributed by atoms with Gasteiger partial charge in [0.25, 0.3) is 0 Å². The molecule has 0 bridgehead atoms. The van der Waals surface area contributed by atoms with Gasteiger partial charge in [-0.05, 0) is 19.4 Å². The molecule has 7 nitrogen and oxygen atoms in total. The second kappa shape index (κ2) is 6.15. The summed E-state index contributed by atoms with van der Waals surface area (Å²) in [5, 5.41) is 20.7. The molecule has 0 aliphatic heterocycles. The van der Waals surface area contributed by atoms with Crippen LogP contribution in [-0.2, 0) is 11.8 Å². The van der Waals surface area contributed by atoms with Gasteiger partial charge in [0.2, 0.25) is 11.9 Å². The monoisotopic (exact) mass is 322 g/mol. The molecule has 0 unspecified atom stereocenters. The fraction of sp³-hybridized carbons (Fsp3) is 0.333. The van der Waals surface area contributed by atoms with Crippen LogP contribution in [0.2, 0.25) is 0 Å². The fourth-order valence-electron chi connectivity index (χ4n) is 1.59. The van der Waals surface area contributed by atoms with E-state index < -0.39 is 0 Å². The number of carbonyl (C=O) groups excluding carboxylic acids is 1. The molecule has 110 valence electrons. The third kappa shape index (κ3) is 3.17. The molecule has 0 radical (unpaired) electrons. The predicted molar refractivity (Wildman–Crippen MR) is 83.3 cm³/mol. The third-order valence-corrected chi connectivity index (χ3v) is 5.09. The number of aromatic nitrogens is 3. The van der Waals surface area contributed by atoms with E-state index in [-0.39, 0.29) is 11.7 Å². The zero-order valence-corrected chi connectivity index (χ0v) is 13.4. The lowest BCUT2D eigenvalue weighted by Crippen LogP contribution is -2.14. The molecule has 0 aromatic carbocycles. The third-order valence-electron chi connectivity index (χ3n) is 2.95. The van der Waals surface area contributed by atoms with E-state index >= 15 is 0 Å². The average Bonchev–Trinajstić information content (AvgIpc) is 2.90. The van der Waals surface area contributed by atoms with Gasteiger partial charge in [-0.25, -0.2) is 0 Å². The van der Waals surface area contributed by atoms with E-state index in [1.807, 2.05) is 13.8 Å². The highest BCUT2D eigenvalue weighted by Gasteiger charge is 2.15. The molecule has 0 spiro atoms. The zero-order valence-electron chi connectivity index (χ0n) is 11.8. The highest BCUT2D eigenvalue weighted by Crippen LogP contribution is 2.31. The van der Waals surface area contributed by atoms with Crippen molar-refractivity contribution < 1.29 is 4.79 Å². The number of nitriles is 1. The first-order valence-electron chi connectivity index (χ1n) is 6.01. The lowest BCUT2D eigenvalue weighted by molar-refractivity contribution is -0.113. The first-order chi connectivity index (χ1) is 9.93. The first-order valence-corrected chi connectivity index (χ1v) is 7.81. The number of anilines is 2. The summed E-state index contributed by atoms with van der Waals surface area (Å²) in [4.78, 5) is 13.0. The lowest BCUT2D eigenvalue weighted by Gasteiger charge is -2.03. The molecule has 21 heavy (non-hydrogen) atoms. The Bertz CT molecular complexity index is 727. The van der Waals surface area contributed by atoms with Crippen LogP contribution in [0.3, 0.4) is 0 Å². The summed E-state index contributed by atoms with van der Waals surface area (Å²) in [6, 6.07) is 2.12. The molecular weight excluding hydrogens is 308 g/mol. The van der Waals surface area contributed by atoms with Crippen LogP contribution in [0.15, 0.2) is 5.16 Å². The maximum absolute atomic E-state index is 12.0. The Morgan fingerprint density at radius 1 is 1.52 bits per heavy atom. The molecule has 0 saturated carbocycles. The van der Waals surface area contributed by atoms with E-state index in [1.165, 1.54) is 23.1 Å². The van der Waals surface area contributed by atoms with Gasteiger partial charge in [0.15, 0.2) is 5.16 Å². The van der Waals surface area contributed by atoms with Crippen molar-refractivity contribution in [1.82, 2.24) is 14.8 Å². The highest BCUT2D eigenvalue weighted by atomic mass is 32.2. The predicted octanol–water partition coefficient (Wildman–Crippen LogP) is 1.68. The van der Waals surface area contributed by atoms with Crippen LogP contribution in [0.4, 0.5) is 10.9 Å². The maximum atomic E-state index is 12.0. The van der Waals surface area contributed by atoms with E-state index in [0.29, 0.717) is 21.7 Å². The minimum absolute atomic E-state index is 0.173. The minimum atomic E-state index is -0.195. The van der Waals surface area contributed by atoms with Gasteiger partial charge >= 0.3 is 0 Å². The number of nitrogens with two attached hydrogens (primary N) is 1. The summed E-state index contributed by atoms with van der Waals surface area (Å²) in [7, 11) is 1.73. The number of nitrogens with zero attached hydrogens (tertiary/aromatic N) is 4. The number of thiophene rings is 1. The number of amides is 1. The second-order valence-electron chi connectivity index (χ2n) is 4.34. The molecule has 0 fully saturated rings. The lowest BCUT2D eigenvalue weighted by atomic mass is 10.2. The molecule has 2 aromatic rings. The van der Waals surface area contributed by atoms with Crippen molar-refractivity contribution in [2.24, 2.45) is 7.05 Å². The first kappa shape index (κ1) is 15.3. The van der Waals surface area contributed by atoms with Crippen LogP contribution >= 0.6 is 23.1 Å². The summed E-state index contributed by atoms with van der Waals surface area (Å²) in [5.74, 6) is 0.279. The molecule has 0 atom stereocenters. The van der Waals surface area contributed by atoms with E-state index in [2.05, 4.69) is 21.6 Å². The molecule has 2 heterocycles. The van der Waals surface area contributed by atoms with Gasteiger partial charge in [-0.2, -0.15) is 5.26 Å². The molecule has 0 aliphatic carbocycles. The molecule has 9 heteroatoms. The SMILES string of the molecule is Cc1sc(NC(=O)CSc2nnc(N)n2C)c(C#N)c1C. The fourth-order valence-corrected chi connectivity index (χ4v) is 3.34. The minimum Gasteiger partial charge on any atom is -0.368 e. The van der Waals surface area contributed by atoms with Crippen LogP contribution in [0.5, 0.6) is 0 Å². The van der Waals surface area contributed by atoms with E-state index in [9.17, 15) is 4.79 Å². The largest absolute Gasteiger partial charge is 0.368 e. The highest BCUT2D eigenvalue weighted by molar-refractivity contribution is 7.99. The number of aryl methyl sites for hydroxylation is 1. The topological polar surface area (TPSA) is 110 Å². The normalized spacial score (nSPS) is 10.4. The zero-order chi connectivity index (χ0) is 15.6. The summed E-state index contributed by atoms with van der Waals surface area (Å²) in [5.41, 5.74) is 7.00. The standard InChI is InChI=1S/C12H14N6OS2/c1-6-7(2)21-10(8(6)4-13)15-9(19)5-20-12-17-16-11(14)18(12)3/h5H2,1-3H3,(H2,14,16)(H,15,19).